The second-order valence-corrected chi connectivity index (χ2v) is 8.24. The van der Waals surface area contributed by atoms with Crippen LogP contribution in [0.25, 0.3) is 11.1 Å². The van der Waals surface area contributed by atoms with Gasteiger partial charge in [-0.25, -0.2) is 18.1 Å². The Hall–Kier alpha value is -1.97. The van der Waals surface area contributed by atoms with Gasteiger partial charge in [-0.15, -0.1) is 0 Å². The van der Waals surface area contributed by atoms with E-state index in [1.54, 1.807) is 42.5 Å². The van der Waals surface area contributed by atoms with Gasteiger partial charge in [-0.3, -0.25) is 0 Å². The van der Waals surface area contributed by atoms with Crippen molar-refractivity contribution in [3.05, 3.63) is 59.9 Å². The van der Waals surface area contributed by atoms with Crippen molar-refractivity contribution in [1.29, 1.82) is 4.78 Å². The molecule has 1 heterocycles. The van der Waals surface area contributed by atoms with Gasteiger partial charge in [0, 0.05) is 17.6 Å². The van der Waals surface area contributed by atoms with Gasteiger partial charge in [-0.1, -0.05) is 48.5 Å². The third kappa shape index (κ3) is 4.31. The van der Waals surface area contributed by atoms with Crippen LogP contribution in [0.15, 0.2) is 48.5 Å². The van der Waals surface area contributed by atoms with E-state index < -0.39 is 33.3 Å². The molecule has 0 aliphatic carbocycles. The molecule has 27 heavy (non-hydrogen) atoms. The molecule has 146 valence electrons. The number of benzene rings is 2. The summed E-state index contributed by atoms with van der Waals surface area (Å²) in [4.78, 5) is 0. The highest BCUT2D eigenvalue weighted by Gasteiger charge is 2.44. The number of rotatable bonds is 5. The predicted octanol–water partition coefficient (Wildman–Crippen LogP) is 3.84. The van der Waals surface area contributed by atoms with E-state index >= 15 is 0 Å². The summed E-state index contributed by atoms with van der Waals surface area (Å²) in [5.41, 5.74) is -3.68. The van der Waals surface area contributed by atoms with Crippen LogP contribution >= 0.6 is 0 Å². The fraction of sp³-hybridized carbons (Fsp3) is 0.333. The van der Waals surface area contributed by atoms with Crippen molar-refractivity contribution in [1.82, 2.24) is 10.0 Å². The van der Waals surface area contributed by atoms with Crippen LogP contribution in [-0.4, -0.2) is 28.3 Å². The van der Waals surface area contributed by atoms with E-state index in [0.29, 0.717) is 23.2 Å². The molecule has 1 aliphatic rings. The van der Waals surface area contributed by atoms with E-state index in [1.807, 2.05) is 10.8 Å². The van der Waals surface area contributed by atoms with Crippen LogP contribution in [0.3, 0.4) is 0 Å². The van der Waals surface area contributed by atoms with Crippen molar-refractivity contribution in [2.45, 2.75) is 30.4 Å². The Bertz CT molecular complexity index is 901. The Morgan fingerprint density at radius 2 is 1.85 bits per heavy atom. The summed E-state index contributed by atoms with van der Waals surface area (Å²) >= 11 is 0. The molecule has 2 aromatic rings. The summed E-state index contributed by atoms with van der Waals surface area (Å²) in [6.45, 7) is 0.399. The quantitative estimate of drug-likeness (QED) is 0.667. The highest BCUT2D eigenvalue weighted by Crippen LogP contribution is 2.28. The minimum Gasteiger partial charge on any atom is -0.312 e. The molecular weight excluding hydrogens is 382 g/mol. The summed E-state index contributed by atoms with van der Waals surface area (Å²) < 4.78 is 73.8. The minimum atomic E-state index is -5.15. The first-order chi connectivity index (χ1) is 12.7. The molecule has 1 fully saturated rings. The molecular formula is C18H19F4N3OS. The molecule has 1 unspecified atom stereocenters. The first kappa shape index (κ1) is 19.8. The van der Waals surface area contributed by atoms with Crippen LogP contribution in [0.2, 0.25) is 0 Å². The van der Waals surface area contributed by atoms with E-state index in [2.05, 4.69) is 5.32 Å². The van der Waals surface area contributed by atoms with E-state index in [1.165, 1.54) is 0 Å². The predicted molar refractivity (Wildman–Crippen MR) is 95.8 cm³/mol. The highest BCUT2D eigenvalue weighted by molar-refractivity contribution is 7.91. The van der Waals surface area contributed by atoms with E-state index in [9.17, 15) is 21.8 Å². The summed E-state index contributed by atoms with van der Waals surface area (Å²) in [6.07, 6.45) is 0.397. The van der Waals surface area contributed by atoms with Gasteiger partial charge in [0.2, 0.25) is 9.92 Å². The fourth-order valence-electron chi connectivity index (χ4n) is 3.22. The number of hydrogen-bond donors (Lipinski definition) is 3. The van der Waals surface area contributed by atoms with Gasteiger partial charge in [0.25, 0.3) is 0 Å². The molecule has 1 aliphatic heterocycles. The standard InChI is InChI=1S/C18H19F4N3OS/c19-17-13(7-4-8-14(17)12-5-2-1-3-6-12)11-16-15(9-10-24-16)25-27(23,26)18(20,21)22/h1-8,15-16,24H,9-11H2,(H2,23,25,26)/t15-,16-,27?/m0/s1. The zero-order valence-corrected chi connectivity index (χ0v) is 15.0. The highest BCUT2D eigenvalue weighted by atomic mass is 32.2. The Balaban J connectivity index is 1.81. The lowest BCUT2D eigenvalue weighted by Crippen LogP contribution is -2.48. The Morgan fingerprint density at radius 1 is 1.15 bits per heavy atom. The summed E-state index contributed by atoms with van der Waals surface area (Å²) in [7, 11) is -4.95. The summed E-state index contributed by atoms with van der Waals surface area (Å²) in [5.74, 6) is -0.432. The molecule has 3 rings (SSSR count). The van der Waals surface area contributed by atoms with Crippen molar-refractivity contribution >= 4 is 9.92 Å². The van der Waals surface area contributed by atoms with E-state index in [0.717, 1.165) is 0 Å². The van der Waals surface area contributed by atoms with Crippen molar-refractivity contribution in [2.24, 2.45) is 0 Å². The smallest absolute Gasteiger partial charge is 0.312 e. The maximum absolute atomic E-state index is 14.9. The lowest BCUT2D eigenvalue weighted by Gasteiger charge is -2.23. The van der Waals surface area contributed by atoms with Gasteiger partial charge in [0.1, 0.15) is 5.82 Å². The molecule has 0 saturated carbocycles. The van der Waals surface area contributed by atoms with Crippen LogP contribution in [0.1, 0.15) is 12.0 Å². The molecule has 9 heteroatoms. The zero-order chi connectivity index (χ0) is 19.7. The Kier molecular flexibility index (Phi) is 5.55. The minimum absolute atomic E-state index is 0.123. The first-order valence-corrected chi connectivity index (χ1v) is 9.93. The Labute approximate surface area is 155 Å². The average Bonchev–Trinajstić information content (AvgIpc) is 3.03. The van der Waals surface area contributed by atoms with Crippen LogP contribution in [0.4, 0.5) is 17.6 Å². The molecule has 0 radical (unpaired) electrons. The average molecular weight is 401 g/mol. The third-order valence-electron chi connectivity index (χ3n) is 4.59. The monoisotopic (exact) mass is 401 g/mol. The SMILES string of the molecule is N=S(=O)(N[C@H]1CCN[C@H]1Cc1cccc(-c2ccccc2)c1F)C(F)(F)F. The summed E-state index contributed by atoms with van der Waals surface area (Å²) in [5, 5.41) is 3.01. The molecule has 0 amide bonds. The van der Waals surface area contributed by atoms with Crippen LogP contribution in [0.5, 0.6) is 0 Å². The molecule has 4 nitrogen and oxygen atoms in total. The summed E-state index contributed by atoms with van der Waals surface area (Å²) in [6, 6.07) is 12.5. The number of alkyl halides is 3. The molecule has 0 aromatic heterocycles. The first-order valence-electron chi connectivity index (χ1n) is 8.37. The van der Waals surface area contributed by atoms with Crippen molar-refractivity contribution < 1.29 is 21.8 Å². The number of hydrogen-bond acceptors (Lipinski definition) is 3. The molecule has 1 saturated heterocycles. The van der Waals surface area contributed by atoms with E-state index in [4.69, 9.17) is 4.78 Å². The lowest BCUT2D eigenvalue weighted by molar-refractivity contribution is -0.0420. The van der Waals surface area contributed by atoms with Crippen molar-refractivity contribution in [3.63, 3.8) is 0 Å². The van der Waals surface area contributed by atoms with Gasteiger partial charge in [-0.05, 0) is 30.5 Å². The number of nitrogens with one attached hydrogen (secondary N) is 3. The molecule has 2 aromatic carbocycles. The van der Waals surface area contributed by atoms with Crippen LogP contribution in [0, 0.1) is 10.6 Å². The van der Waals surface area contributed by atoms with Gasteiger partial charge in [0.15, 0.2) is 0 Å². The molecule has 3 N–H and O–H groups in total. The van der Waals surface area contributed by atoms with Gasteiger partial charge in [-0.2, -0.15) is 13.2 Å². The van der Waals surface area contributed by atoms with Gasteiger partial charge in [0.05, 0.1) is 0 Å². The molecule has 0 spiro atoms. The van der Waals surface area contributed by atoms with Crippen molar-refractivity contribution in [2.75, 3.05) is 6.54 Å². The van der Waals surface area contributed by atoms with Gasteiger partial charge >= 0.3 is 5.51 Å². The molecule has 0 bridgehead atoms. The van der Waals surface area contributed by atoms with E-state index in [-0.39, 0.29) is 12.8 Å². The number of halogens is 4. The fourth-order valence-corrected chi connectivity index (χ4v) is 4.06. The second-order valence-electron chi connectivity index (χ2n) is 6.42. The zero-order valence-electron chi connectivity index (χ0n) is 14.2. The molecule has 3 atom stereocenters. The maximum atomic E-state index is 14.9. The van der Waals surface area contributed by atoms with Gasteiger partial charge < -0.3 is 5.32 Å². The van der Waals surface area contributed by atoms with Crippen LogP contribution < -0.4 is 10.0 Å². The second kappa shape index (κ2) is 7.57. The topological polar surface area (TPSA) is 65.0 Å². The normalized spacial score (nSPS) is 22.5. The lowest BCUT2D eigenvalue weighted by atomic mass is 9.96. The Morgan fingerprint density at radius 3 is 2.52 bits per heavy atom. The van der Waals surface area contributed by atoms with Crippen LogP contribution in [-0.2, 0) is 16.3 Å². The third-order valence-corrected chi connectivity index (χ3v) is 5.88. The maximum Gasteiger partial charge on any atom is 0.492 e. The largest absolute Gasteiger partial charge is 0.492 e. The van der Waals surface area contributed by atoms with Crippen molar-refractivity contribution in [3.8, 4) is 11.1 Å².